The van der Waals surface area contributed by atoms with Gasteiger partial charge in [0.15, 0.2) is 0 Å². The largest absolute Gasteiger partial charge is 0.281 e. The Kier molecular flexibility index (Phi) is 2.19. The molecule has 0 aromatic heterocycles. The van der Waals surface area contributed by atoms with Crippen LogP contribution in [0.2, 0.25) is 0 Å². The minimum absolute atomic E-state index is 0.336. The fraction of sp³-hybridized carbons (Fsp3) is 0.400. The van der Waals surface area contributed by atoms with E-state index in [-0.39, 0.29) is 11.8 Å². The van der Waals surface area contributed by atoms with Gasteiger partial charge in [0.25, 0.3) is 0 Å². The number of imide groups is 1. The fourth-order valence-electron chi connectivity index (χ4n) is 0.222. The van der Waals surface area contributed by atoms with Crippen molar-refractivity contribution in [1.82, 2.24) is 4.90 Å². The lowest BCUT2D eigenvalue weighted by atomic mass is 10.5. The van der Waals surface area contributed by atoms with E-state index < -0.39 is 0 Å². The first-order valence-electron chi connectivity index (χ1n) is 2.17. The van der Waals surface area contributed by atoms with Crippen LogP contribution in [0, 0.1) is 7.05 Å². The van der Waals surface area contributed by atoms with Gasteiger partial charge in [-0.15, -0.1) is 0 Å². The number of hydrogen-bond donors (Lipinski definition) is 0. The highest BCUT2D eigenvalue weighted by molar-refractivity contribution is 5.93. The number of carbonyl (C=O) groups is 2. The molecule has 0 aromatic rings. The summed E-state index contributed by atoms with van der Waals surface area (Å²) in [5.74, 6) is -0.671. The van der Waals surface area contributed by atoms with Crippen LogP contribution in [-0.2, 0) is 9.59 Å². The van der Waals surface area contributed by atoms with E-state index in [1.54, 1.807) is 0 Å². The van der Waals surface area contributed by atoms with Gasteiger partial charge >= 0.3 is 0 Å². The van der Waals surface area contributed by atoms with E-state index in [4.69, 9.17) is 0 Å². The predicted octanol–water partition coefficient (Wildman–Crippen LogP) is 0.173. The zero-order valence-corrected chi connectivity index (χ0v) is 4.97. The monoisotopic (exact) mass is 114 g/mol. The molecule has 0 saturated heterocycles. The minimum atomic E-state index is -0.336. The van der Waals surface area contributed by atoms with Gasteiger partial charge in [0.2, 0.25) is 11.8 Å². The van der Waals surface area contributed by atoms with Crippen molar-refractivity contribution in [3.05, 3.63) is 7.05 Å². The van der Waals surface area contributed by atoms with Crippen molar-refractivity contribution in [2.75, 3.05) is 0 Å². The Morgan fingerprint density at radius 1 is 1.25 bits per heavy atom. The second-order valence-electron chi connectivity index (χ2n) is 1.47. The average Bonchev–Trinajstić information content (AvgIpc) is 1.64. The first-order chi connectivity index (χ1) is 3.55. The van der Waals surface area contributed by atoms with Gasteiger partial charge in [-0.05, 0) is 0 Å². The summed E-state index contributed by atoms with van der Waals surface area (Å²) in [6, 6.07) is 0. The maximum atomic E-state index is 10.2. The number of carbonyl (C=O) groups excluding carboxylic acids is 2. The van der Waals surface area contributed by atoms with Crippen molar-refractivity contribution in [1.29, 1.82) is 0 Å². The Morgan fingerprint density at radius 3 is 1.50 bits per heavy atom. The maximum Gasteiger partial charge on any atom is 0.226 e. The van der Waals surface area contributed by atoms with Crippen LogP contribution in [0.5, 0.6) is 0 Å². The van der Waals surface area contributed by atoms with Crippen LogP contribution >= 0.6 is 0 Å². The topological polar surface area (TPSA) is 37.4 Å². The molecular weight excluding hydrogens is 106 g/mol. The summed E-state index contributed by atoms with van der Waals surface area (Å²) < 4.78 is 0. The predicted molar refractivity (Wildman–Crippen MR) is 28.6 cm³/mol. The molecule has 1 radical (unpaired) electrons. The molecule has 0 spiro atoms. The fourth-order valence-corrected chi connectivity index (χ4v) is 0.222. The third kappa shape index (κ3) is 1.73. The molecule has 0 rings (SSSR count). The Labute approximate surface area is 48.3 Å². The smallest absolute Gasteiger partial charge is 0.226 e. The summed E-state index contributed by atoms with van der Waals surface area (Å²) in [6.07, 6.45) is 0. The average molecular weight is 114 g/mol. The molecule has 45 valence electrons. The molecule has 8 heavy (non-hydrogen) atoms. The van der Waals surface area contributed by atoms with Gasteiger partial charge in [0.05, 0.1) is 0 Å². The molecular formula is C5H8NO2. The summed E-state index contributed by atoms with van der Waals surface area (Å²) in [5, 5.41) is 0. The second kappa shape index (κ2) is 2.45. The highest BCUT2D eigenvalue weighted by atomic mass is 16.2. The van der Waals surface area contributed by atoms with E-state index in [0.717, 1.165) is 4.90 Å². The Bertz CT molecular complexity index is 106. The Hall–Kier alpha value is -0.860. The standard InChI is InChI=1S/C5H8NO2/c1-4(7)6(3)5(2)8/h3H2,1-2H3. The summed E-state index contributed by atoms with van der Waals surface area (Å²) in [7, 11) is 3.17. The van der Waals surface area contributed by atoms with Crippen molar-refractivity contribution in [3.63, 3.8) is 0 Å². The van der Waals surface area contributed by atoms with Gasteiger partial charge in [0, 0.05) is 20.9 Å². The molecule has 3 heteroatoms. The summed E-state index contributed by atoms with van der Waals surface area (Å²) in [4.78, 5) is 21.3. The zero-order valence-electron chi connectivity index (χ0n) is 4.97. The van der Waals surface area contributed by atoms with Crippen molar-refractivity contribution in [2.24, 2.45) is 0 Å². The molecule has 3 nitrogen and oxygen atoms in total. The van der Waals surface area contributed by atoms with Gasteiger partial charge < -0.3 is 0 Å². The second-order valence-corrected chi connectivity index (χ2v) is 1.47. The van der Waals surface area contributed by atoms with Crippen LogP contribution in [0.1, 0.15) is 13.8 Å². The van der Waals surface area contributed by atoms with Gasteiger partial charge in [-0.25, -0.2) is 0 Å². The third-order valence-corrected chi connectivity index (χ3v) is 0.760. The zero-order chi connectivity index (χ0) is 6.73. The summed E-state index contributed by atoms with van der Waals surface area (Å²) >= 11 is 0. The summed E-state index contributed by atoms with van der Waals surface area (Å²) in [6.45, 7) is 2.57. The van der Waals surface area contributed by atoms with E-state index in [1.807, 2.05) is 0 Å². The molecule has 0 aliphatic rings. The SMILES string of the molecule is [CH2]N(C(C)=O)C(C)=O. The molecule has 0 N–H and O–H groups in total. The van der Waals surface area contributed by atoms with Crippen LogP contribution in [0.15, 0.2) is 0 Å². The van der Waals surface area contributed by atoms with Crippen LogP contribution in [0.4, 0.5) is 0 Å². The highest BCUT2D eigenvalue weighted by Crippen LogP contribution is 1.84. The Morgan fingerprint density at radius 2 is 1.50 bits per heavy atom. The lowest BCUT2D eigenvalue weighted by Crippen LogP contribution is -2.26. The van der Waals surface area contributed by atoms with E-state index in [9.17, 15) is 9.59 Å². The van der Waals surface area contributed by atoms with Crippen LogP contribution in [-0.4, -0.2) is 16.7 Å². The molecule has 0 unspecified atom stereocenters. The van der Waals surface area contributed by atoms with E-state index >= 15 is 0 Å². The lowest BCUT2D eigenvalue weighted by molar-refractivity contribution is -0.138. The molecule has 0 heterocycles. The normalized spacial score (nSPS) is 8.38. The summed E-state index contributed by atoms with van der Waals surface area (Å²) in [5.41, 5.74) is 0. The molecule has 0 atom stereocenters. The minimum Gasteiger partial charge on any atom is -0.281 e. The maximum absolute atomic E-state index is 10.2. The number of amides is 2. The molecule has 0 fully saturated rings. The lowest BCUT2D eigenvalue weighted by Gasteiger charge is -2.06. The van der Waals surface area contributed by atoms with Crippen molar-refractivity contribution < 1.29 is 9.59 Å². The first kappa shape index (κ1) is 7.14. The molecule has 0 aliphatic carbocycles. The molecule has 0 saturated carbocycles. The van der Waals surface area contributed by atoms with Crippen molar-refractivity contribution in [2.45, 2.75) is 13.8 Å². The third-order valence-electron chi connectivity index (χ3n) is 0.760. The molecule has 0 bridgehead atoms. The van der Waals surface area contributed by atoms with Gasteiger partial charge in [-0.2, -0.15) is 0 Å². The van der Waals surface area contributed by atoms with Gasteiger partial charge in [-0.1, -0.05) is 0 Å². The van der Waals surface area contributed by atoms with Gasteiger partial charge in [-0.3, -0.25) is 14.5 Å². The molecule has 0 aliphatic heterocycles. The number of hydrogen-bond acceptors (Lipinski definition) is 2. The van der Waals surface area contributed by atoms with Crippen LogP contribution < -0.4 is 0 Å². The highest BCUT2D eigenvalue weighted by Gasteiger charge is 2.04. The van der Waals surface area contributed by atoms with Crippen LogP contribution in [0.3, 0.4) is 0 Å². The quantitative estimate of drug-likeness (QED) is 0.450. The van der Waals surface area contributed by atoms with Crippen molar-refractivity contribution >= 4 is 11.8 Å². The van der Waals surface area contributed by atoms with Crippen molar-refractivity contribution in [3.8, 4) is 0 Å². The van der Waals surface area contributed by atoms with E-state index in [1.165, 1.54) is 13.8 Å². The molecule has 0 aromatic carbocycles. The molecule has 2 amide bonds. The number of rotatable bonds is 0. The number of nitrogens with zero attached hydrogens (tertiary/aromatic N) is 1. The van der Waals surface area contributed by atoms with Crippen LogP contribution in [0.25, 0.3) is 0 Å². The van der Waals surface area contributed by atoms with Gasteiger partial charge in [0.1, 0.15) is 0 Å². The van der Waals surface area contributed by atoms with E-state index in [0.29, 0.717) is 0 Å². The Balaban J connectivity index is 3.83. The van der Waals surface area contributed by atoms with E-state index in [2.05, 4.69) is 7.05 Å². The first-order valence-corrected chi connectivity index (χ1v) is 2.17.